The smallest absolute Gasteiger partial charge is 0.241 e. The monoisotopic (exact) mass is 253 g/mol. The summed E-state index contributed by atoms with van der Waals surface area (Å²) < 4.78 is 28.8. The highest BCUT2D eigenvalue weighted by Crippen LogP contribution is 2.22. The van der Waals surface area contributed by atoms with E-state index in [1.165, 1.54) is 24.2 Å². The maximum atomic E-state index is 11.1. The number of benzene rings is 1. The van der Waals surface area contributed by atoms with Gasteiger partial charge >= 0.3 is 0 Å². The lowest BCUT2D eigenvalue weighted by Crippen LogP contribution is -2.11. The Kier molecular flexibility index (Phi) is 2.86. The summed E-state index contributed by atoms with van der Waals surface area (Å²) in [7, 11) is -2.20. The van der Waals surface area contributed by atoms with Gasteiger partial charge in [0.1, 0.15) is 16.3 Å². The largest absolute Gasteiger partial charge is 0.494 e. The van der Waals surface area contributed by atoms with E-state index in [1.54, 1.807) is 18.2 Å². The van der Waals surface area contributed by atoms with E-state index >= 15 is 0 Å². The van der Waals surface area contributed by atoms with Crippen LogP contribution in [0.4, 0.5) is 0 Å². The number of aromatic nitrogens is 2. The van der Waals surface area contributed by atoms with Crippen molar-refractivity contribution in [2.24, 2.45) is 5.14 Å². The summed E-state index contributed by atoms with van der Waals surface area (Å²) in [6.07, 6.45) is 2.54. The predicted molar refractivity (Wildman–Crippen MR) is 61.5 cm³/mol. The molecule has 0 unspecified atom stereocenters. The second kappa shape index (κ2) is 4.19. The van der Waals surface area contributed by atoms with Crippen molar-refractivity contribution in [3.05, 3.63) is 36.7 Å². The molecular weight excluding hydrogens is 242 g/mol. The SMILES string of the molecule is COc1ccccc1-n1cc(S(N)(=O)=O)cn1. The molecule has 2 aromatic rings. The predicted octanol–water partition coefficient (Wildman–Crippen LogP) is 0.528. The summed E-state index contributed by atoms with van der Waals surface area (Å²) in [5.41, 5.74) is 0.643. The van der Waals surface area contributed by atoms with E-state index in [2.05, 4.69) is 5.10 Å². The molecule has 0 atom stereocenters. The van der Waals surface area contributed by atoms with Gasteiger partial charge < -0.3 is 4.74 Å². The first-order chi connectivity index (χ1) is 8.02. The zero-order valence-corrected chi connectivity index (χ0v) is 9.89. The molecule has 2 rings (SSSR count). The van der Waals surface area contributed by atoms with Crippen LogP contribution in [0.3, 0.4) is 0 Å². The van der Waals surface area contributed by atoms with Crippen LogP contribution < -0.4 is 9.88 Å². The van der Waals surface area contributed by atoms with Crippen molar-refractivity contribution in [2.75, 3.05) is 7.11 Å². The van der Waals surface area contributed by atoms with E-state index in [-0.39, 0.29) is 4.90 Å². The van der Waals surface area contributed by atoms with Crippen LogP contribution >= 0.6 is 0 Å². The van der Waals surface area contributed by atoms with E-state index in [1.807, 2.05) is 6.07 Å². The molecule has 0 amide bonds. The van der Waals surface area contributed by atoms with Crippen molar-refractivity contribution in [3.8, 4) is 11.4 Å². The minimum atomic E-state index is -3.73. The van der Waals surface area contributed by atoms with Gasteiger partial charge in [-0.3, -0.25) is 0 Å². The molecule has 0 bridgehead atoms. The molecule has 0 aliphatic carbocycles. The molecule has 7 heteroatoms. The number of ether oxygens (including phenoxy) is 1. The summed E-state index contributed by atoms with van der Waals surface area (Å²) in [5, 5.41) is 8.95. The molecule has 17 heavy (non-hydrogen) atoms. The third-order valence-corrected chi connectivity index (χ3v) is 3.09. The highest BCUT2D eigenvalue weighted by atomic mass is 32.2. The fourth-order valence-electron chi connectivity index (χ4n) is 1.40. The number of sulfonamides is 1. The summed E-state index contributed by atoms with van der Waals surface area (Å²) in [5.74, 6) is 0.594. The van der Waals surface area contributed by atoms with Crippen molar-refractivity contribution in [3.63, 3.8) is 0 Å². The summed E-state index contributed by atoms with van der Waals surface area (Å²) in [4.78, 5) is -0.0385. The molecule has 0 saturated carbocycles. The van der Waals surface area contributed by atoms with Crippen LogP contribution in [0, 0.1) is 0 Å². The molecule has 1 heterocycles. The molecule has 0 aliphatic heterocycles. The number of nitrogens with two attached hydrogens (primary N) is 1. The first-order valence-corrected chi connectivity index (χ1v) is 6.28. The molecule has 90 valence electrons. The van der Waals surface area contributed by atoms with Gasteiger partial charge in [0.25, 0.3) is 0 Å². The quantitative estimate of drug-likeness (QED) is 0.864. The van der Waals surface area contributed by atoms with Crippen LogP contribution in [0.1, 0.15) is 0 Å². The van der Waals surface area contributed by atoms with Gasteiger partial charge in [-0.1, -0.05) is 12.1 Å². The Morgan fingerprint density at radius 1 is 1.35 bits per heavy atom. The minimum absolute atomic E-state index is 0.0385. The Balaban J connectivity index is 2.51. The number of rotatable bonds is 3. The molecule has 0 aliphatic rings. The zero-order valence-electron chi connectivity index (χ0n) is 9.07. The number of para-hydroxylation sites is 2. The highest BCUT2D eigenvalue weighted by molar-refractivity contribution is 7.89. The number of nitrogens with zero attached hydrogens (tertiary/aromatic N) is 2. The van der Waals surface area contributed by atoms with Crippen molar-refractivity contribution >= 4 is 10.0 Å². The van der Waals surface area contributed by atoms with E-state index < -0.39 is 10.0 Å². The van der Waals surface area contributed by atoms with E-state index in [0.29, 0.717) is 11.4 Å². The molecule has 6 nitrogen and oxygen atoms in total. The number of hydrogen-bond acceptors (Lipinski definition) is 4. The molecule has 0 spiro atoms. The van der Waals surface area contributed by atoms with Gasteiger partial charge in [0, 0.05) is 0 Å². The second-order valence-corrected chi connectivity index (χ2v) is 4.90. The normalized spacial score (nSPS) is 11.4. The van der Waals surface area contributed by atoms with Crippen LogP contribution in [-0.4, -0.2) is 25.3 Å². The maximum absolute atomic E-state index is 11.1. The molecular formula is C10H11N3O3S. The van der Waals surface area contributed by atoms with Crippen molar-refractivity contribution in [2.45, 2.75) is 4.90 Å². The van der Waals surface area contributed by atoms with Gasteiger partial charge in [-0.25, -0.2) is 18.2 Å². The van der Waals surface area contributed by atoms with Crippen molar-refractivity contribution < 1.29 is 13.2 Å². The topological polar surface area (TPSA) is 87.2 Å². The van der Waals surface area contributed by atoms with Gasteiger partial charge in [-0.05, 0) is 12.1 Å². The Morgan fingerprint density at radius 2 is 2.06 bits per heavy atom. The Hall–Kier alpha value is -1.86. The number of methoxy groups -OCH3 is 1. The first-order valence-electron chi connectivity index (χ1n) is 4.73. The number of hydrogen-bond donors (Lipinski definition) is 1. The third kappa shape index (κ3) is 2.29. The van der Waals surface area contributed by atoms with Gasteiger partial charge in [-0.15, -0.1) is 0 Å². The second-order valence-electron chi connectivity index (χ2n) is 3.34. The van der Waals surface area contributed by atoms with Gasteiger partial charge in [0.15, 0.2) is 0 Å². The fourth-order valence-corrected chi connectivity index (χ4v) is 1.84. The van der Waals surface area contributed by atoms with Crippen LogP contribution in [0.2, 0.25) is 0 Å². The van der Waals surface area contributed by atoms with Crippen LogP contribution in [0.5, 0.6) is 5.75 Å². The van der Waals surface area contributed by atoms with Gasteiger partial charge in [-0.2, -0.15) is 5.10 Å². The number of primary sulfonamides is 1. The average molecular weight is 253 g/mol. The summed E-state index contributed by atoms with van der Waals surface area (Å²) in [6.45, 7) is 0. The highest BCUT2D eigenvalue weighted by Gasteiger charge is 2.12. The molecule has 1 aromatic carbocycles. The van der Waals surface area contributed by atoms with Gasteiger partial charge in [0.2, 0.25) is 10.0 Å². The Bertz CT molecular complexity index is 634. The maximum Gasteiger partial charge on any atom is 0.241 e. The lowest BCUT2D eigenvalue weighted by Gasteiger charge is -2.07. The van der Waals surface area contributed by atoms with E-state index in [9.17, 15) is 8.42 Å². The van der Waals surface area contributed by atoms with Crippen LogP contribution in [0.25, 0.3) is 5.69 Å². The molecule has 1 aromatic heterocycles. The van der Waals surface area contributed by atoms with E-state index in [4.69, 9.17) is 9.88 Å². The lowest BCUT2D eigenvalue weighted by atomic mass is 10.3. The lowest BCUT2D eigenvalue weighted by molar-refractivity contribution is 0.411. The third-order valence-electron chi connectivity index (χ3n) is 2.22. The Labute approximate surface area is 98.7 Å². The van der Waals surface area contributed by atoms with E-state index in [0.717, 1.165) is 0 Å². The minimum Gasteiger partial charge on any atom is -0.494 e. The summed E-state index contributed by atoms with van der Waals surface area (Å²) >= 11 is 0. The molecule has 0 radical (unpaired) electrons. The summed E-state index contributed by atoms with van der Waals surface area (Å²) in [6, 6.07) is 7.13. The van der Waals surface area contributed by atoms with Crippen molar-refractivity contribution in [1.29, 1.82) is 0 Å². The van der Waals surface area contributed by atoms with Crippen LogP contribution in [-0.2, 0) is 10.0 Å². The van der Waals surface area contributed by atoms with Gasteiger partial charge in [0.05, 0.1) is 19.5 Å². The fraction of sp³-hybridized carbons (Fsp3) is 0.100. The zero-order chi connectivity index (χ0) is 12.5. The van der Waals surface area contributed by atoms with Crippen molar-refractivity contribution in [1.82, 2.24) is 9.78 Å². The molecule has 0 fully saturated rings. The Morgan fingerprint density at radius 3 is 2.65 bits per heavy atom. The van der Waals surface area contributed by atoms with Crippen LogP contribution in [0.15, 0.2) is 41.6 Å². The molecule has 2 N–H and O–H groups in total. The molecule has 0 saturated heterocycles. The average Bonchev–Trinajstić information content (AvgIpc) is 2.77. The first kappa shape index (κ1) is 11.6. The standard InChI is InChI=1S/C10H11N3O3S/c1-16-10-5-3-2-4-9(10)13-7-8(6-12-13)17(11,14)15/h2-7H,1H3,(H2,11,14,15).